The van der Waals surface area contributed by atoms with E-state index < -0.39 is 16.1 Å². The molecule has 0 saturated carbocycles. The van der Waals surface area contributed by atoms with Crippen molar-refractivity contribution in [2.75, 3.05) is 13.7 Å². The van der Waals surface area contributed by atoms with Gasteiger partial charge in [-0.05, 0) is 32.8 Å². The van der Waals surface area contributed by atoms with Crippen LogP contribution in [0.4, 0.5) is 0 Å². The Kier molecular flexibility index (Phi) is 4.99. The molecule has 1 atom stereocenters. The van der Waals surface area contributed by atoms with Gasteiger partial charge in [-0.15, -0.1) is 11.3 Å². The van der Waals surface area contributed by atoms with Gasteiger partial charge >= 0.3 is 0 Å². The van der Waals surface area contributed by atoms with Crippen LogP contribution in [0.3, 0.4) is 0 Å². The summed E-state index contributed by atoms with van der Waals surface area (Å²) in [6.07, 6.45) is 0. The molecule has 0 aromatic carbocycles. The molecule has 4 nitrogen and oxygen atoms in total. The zero-order chi connectivity index (χ0) is 14.1. The molecule has 1 heterocycles. The average molecular weight is 356 g/mol. The molecule has 1 rings (SSSR count). The summed E-state index contributed by atoms with van der Waals surface area (Å²) in [5, 5.41) is 11.2. The van der Waals surface area contributed by atoms with Gasteiger partial charge in [0.1, 0.15) is 4.21 Å². The van der Waals surface area contributed by atoms with Crippen molar-refractivity contribution in [3.63, 3.8) is 0 Å². The second kappa shape index (κ2) is 5.58. The van der Waals surface area contributed by atoms with Gasteiger partial charge in [0.05, 0.1) is 12.6 Å². The molecule has 0 saturated heterocycles. The second-order valence-corrected chi connectivity index (χ2v) is 9.10. The molecule has 0 spiro atoms. The van der Waals surface area contributed by atoms with Gasteiger partial charge in [-0.3, -0.25) is 0 Å². The zero-order valence-corrected chi connectivity index (χ0v) is 14.1. The quantitative estimate of drug-likeness (QED) is 0.902. The lowest BCUT2D eigenvalue weighted by molar-refractivity contribution is 0.115. The van der Waals surface area contributed by atoms with Gasteiger partial charge in [0.25, 0.3) is 10.0 Å². The molecule has 104 valence electrons. The summed E-state index contributed by atoms with van der Waals surface area (Å²) in [6, 6.07) is 1.24. The fraction of sp³-hybridized carbons (Fsp3) is 0.636. The highest BCUT2D eigenvalue weighted by atomic mass is 79.9. The van der Waals surface area contributed by atoms with Crippen LogP contribution in [0.15, 0.2) is 20.1 Å². The van der Waals surface area contributed by atoms with Gasteiger partial charge in [-0.2, -0.15) is 4.31 Å². The number of likely N-dealkylation sites (N-methyl/N-ethyl adjacent to an activating group) is 1. The summed E-state index contributed by atoms with van der Waals surface area (Å²) in [5.74, 6) is 0. The van der Waals surface area contributed by atoms with Crippen molar-refractivity contribution < 1.29 is 13.5 Å². The smallest absolute Gasteiger partial charge is 0.253 e. The Hall–Kier alpha value is 0.0500. The van der Waals surface area contributed by atoms with Crippen molar-refractivity contribution in [3.05, 3.63) is 15.9 Å². The Labute approximate surface area is 121 Å². The first kappa shape index (κ1) is 16.1. The summed E-state index contributed by atoms with van der Waals surface area (Å²) in [4.78, 5) is 0. The van der Waals surface area contributed by atoms with E-state index in [-0.39, 0.29) is 16.2 Å². The maximum atomic E-state index is 12.5. The van der Waals surface area contributed by atoms with E-state index in [0.29, 0.717) is 4.47 Å². The lowest BCUT2D eigenvalue weighted by Gasteiger charge is -2.35. The molecule has 1 aromatic heterocycles. The van der Waals surface area contributed by atoms with Crippen LogP contribution in [0.2, 0.25) is 0 Å². The summed E-state index contributed by atoms with van der Waals surface area (Å²) in [6.45, 7) is 5.51. The lowest BCUT2D eigenvalue weighted by Crippen LogP contribution is -2.47. The fourth-order valence-electron chi connectivity index (χ4n) is 1.70. The number of halogens is 1. The summed E-state index contributed by atoms with van der Waals surface area (Å²) in [5.41, 5.74) is -0.333. The monoisotopic (exact) mass is 355 g/mol. The third kappa shape index (κ3) is 3.14. The van der Waals surface area contributed by atoms with Gasteiger partial charge in [-0.1, -0.05) is 20.8 Å². The van der Waals surface area contributed by atoms with Crippen LogP contribution in [-0.2, 0) is 10.0 Å². The highest BCUT2D eigenvalue weighted by Crippen LogP contribution is 2.33. The maximum absolute atomic E-state index is 12.5. The molecular formula is C11H18BrNO3S2. The summed E-state index contributed by atoms with van der Waals surface area (Å²) >= 11 is 4.40. The molecule has 0 radical (unpaired) electrons. The minimum Gasteiger partial charge on any atom is -0.395 e. The van der Waals surface area contributed by atoms with Crippen LogP contribution in [0, 0.1) is 5.41 Å². The number of aliphatic hydroxyl groups is 1. The van der Waals surface area contributed by atoms with Gasteiger partial charge < -0.3 is 5.11 Å². The predicted octanol–water partition coefficient (Wildman–Crippen LogP) is 2.54. The Bertz CT molecular complexity index is 505. The minimum absolute atomic E-state index is 0.206. The Morgan fingerprint density at radius 3 is 2.39 bits per heavy atom. The molecule has 0 aliphatic rings. The third-order valence-electron chi connectivity index (χ3n) is 2.81. The van der Waals surface area contributed by atoms with Crippen LogP contribution in [0.25, 0.3) is 0 Å². The number of rotatable bonds is 4. The van der Waals surface area contributed by atoms with Crippen molar-refractivity contribution in [1.82, 2.24) is 4.31 Å². The first-order valence-electron chi connectivity index (χ1n) is 5.44. The summed E-state index contributed by atoms with van der Waals surface area (Å²) in [7, 11) is -2.07. The Morgan fingerprint density at radius 1 is 1.50 bits per heavy atom. The molecule has 7 heteroatoms. The maximum Gasteiger partial charge on any atom is 0.253 e. The van der Waals surface area contributed by atoms with E-state index in [2.05, 4.69) is 15.9 Å². The molecule has 0 bridgehead atoms. The summed E-state index contributed by atoms with van der Waals surface area (Å²) < 4.78 is 27.0. The van der Waals surface area contributed by atoms with Gasteiger partial charge in [0, 0.05) is 11.5 Å². The Morgan fingerprint density at radius 2 is 2.06 bits per heavy atom. The predicted molar refractivity (Wildman–Crippen MR) is 77.3 cm³/mol. The fourth-order valence-corrected chi connectivity index (χ4v) is 5.71. The largest absolute Gasteiger partial charge is 0.395 e. The number of thiophene rings is 1. The van der Waals surface area contributed by atoms with Crippen molar-refractivity contribution in [2.45, 2.75) is 31.0 Å². The van der Waals surface area contributed by atoms with E-state index in [1.54, 1.807) is 11.4 Å². The first-order valence-corrected chi connectivity index (χ1v) is 8.55. The van der Waals surface area contributed by atoms with Crippen LogP contribution >= 0.6 is 27.3 Å². The van der Waals surface area contributed by atoms with Crippen molar-refractivity contribution in [3.8, 4) is 0 Å². The molecule has 18 heavy (non-hydrogen) atoms. The van der Waals surface area contributed by atoms with E-state index in [1.807, 2.05) is 20.8 Å². The van der Waals surface area contributed by atoms with Gasteiger partial charge in [0.15, 0.2) is 0 Å². The second-order valence-electron chi connectivity index (χ2n) is 5.14. The highest BCUT2D eigenvalue weighted by Gasteiger charge is 2.36. The number of hydrogen-bond donors (Lipinski definition) is 1. The number of nitrogens with zero attached hydrogens (tertiary/aromatic N) is 1. The molecular weight excluding hydrogens is 338 g/mol. The van der Waals surface area contributed by atoms with Crippen molar-refractivity contribution in [1.29, 1.82) is 0 Å². The molecule has 1 N–H and O–H groups in total. The lowest BCUT2D eigenvalue weighted by atomic mass is 9.87. The van der Waals surface area contributed by atoms with Crippen LogP contribution in [0.5, 0.6) is 0 Å². The van der Waals surface area contributed by atoms with Crippen LogP contribution in [-0.4, -0.2) is 37.5 Å². The SMILES string of the molecule is CN(C(CO)C(C)(C)C)S(=O)(=O)c1sccc1Br. The molecule has 0 aliphatic heterocycles. The standard InChI is InChI=1S/C11H18BrNO3S2/c1-11(2,3)9(7-14)13(4)18(15,16)10-8(12)5-6-17-10/h5-6,9,14H,7H2,1-4H3. The van der Waals surface area contributed by atoms with E-state index in [4.69, 9.17) is 0 Å². The Balaban J connectivity index is 3.17. The number of aliphatic hydroxyl groups excluding tert-OH is 1. The zero-order valence-electron chi connectivity index (χ0n) is 10.8. The van der Waals surface area contributed by atoms with Crippen molar-refractivity contribution >= 4 is 37.3 Å². The topological polar surface area (TPSA) is 57.6 Å². The van der Waals surface area contributed by atoms with E-state index in [1.165, 1.54) is 22.7 Å². The molecule has 0 aliphatic carbocycles. The molecule has 0 amide bonds. The molecule has 1 unspecified atom stereocenters. The normalized spacial score (nSPS) is 15.1. The van der Waals surface area contributed by atoms with Gasteiger partial charge in [0.2, 0.25) is 0 Å². The van der Waals surface area contributed by atoms with Crippen LogP contribution in [0.1, 0.15) is 20.8 Å². The number of sulfonamides is 1. The van der Waals surface area contributed by atoms with E-state index in [9.17, 15) is 13.5 Å². The molecule has 0 fully saturated rings. The minimum atomic E-state index is -3.58. The first-order chi connectivity index (χ1) is 8.12. The average Bonchev–Trinajstić information content (AvgIpc) is 2.63. The van der Waals surface area contributed by atoms with Crippen molar-refractivity contribution in [2.24, 2.45) is 5.41 Å². The van der Waals surface area contributed by atoms with E-state index in [0.717, 1.165) is 0 Å². The third-order valence-corrected chi connectivity index (χ3v) is 7.32. The molecule has 1 aromatic rings. The van der Waals surface area contributed by atoms with E-state index >= 15 is 0 Å². The highest BCUT2D eigenvalue weighted by molar-refractivity contribution is 9.10. The number of hydrogen-bond acceptors (Lipinski definition) is 4. The van der Waals surface area contributed by atoms with Gasteiger partial charge in [-0.25, -0.2) is 8.42 Å². The van der Waals surface area contributed by atoms with Crippen LogP contribution < -0.4 is 0 Å².